The number of piperidine rings is 1. The van der Waals surface area contributed by atoms with Gasteiger partial charge in [-0.2, -0.15) is 0 Å². The summed E-state index contributed by atoms with van der Waals surface area (Å²) in [6, 6.07) is 7.12. The van der Waals surface area contributed by atoms with E-state index in [0.717, 1.165) is 24.8 Å². The van der Waals surface area contributed by atoms with Gasteiger partial charge in [-0.05, 0) is 41.0 Å². The van der Waals surface area contributed by atoms with Crippen LogP contribution >= 0.6 is 10.8 Å². The Morgan fingerprint density at radius 2 is 1.93 bits per heavy atom. The number of carbonyl (C=O) groups is 1. The van der Waals surface area contributed by atoms with Crippen LogP contribution in [0.15, 0.2) is 35.2 Å². The average molecular weight is 404 g/mol. The molecular formula is C18H24N6O3S. The third kappa shape index (κ3) is 3.95. The van der Waals surface area contributed by atoms with E-state index >= 15 is 0 Å². The van der Waals surface area contributed by atoms with Crippen molar-refractivity contribution in [3.63, 3.8) is 0 Å². The summed E-state index contributed by atoms with van der Waals surface area (Å²) in [6.45, 7) is 1.79. The first-order chi connectivity index (χ1) is 13.5. The van der Waals surface area contributed by atoms with Gasteiger partial charge in [0, 0.05) is 32.3 Å². The topological polar surface area (TPSA) is 116 Å². The fourth-order valence-corrected chi connectivity index (χ4v) is 5.04. The SMILES string of the molecule is O=C(NCc1ccc(S(O)(O)N2CCCCC2)cc1)C1C=Cn2nnnc2C1. The number of nitrogens with one attached hydrogen (secondary N) is 1. The number of tetrazole rings is 1. The van der Waals surface area contributed by atoms with E-state index in [9.17, 15) is 13.9 Å². The molecule has 4 rings (SSSR count). The molecular weight excluding hydrogens is 380 g/mol. The number of aromatic nitrogens is 4. The molecule has 1 saturated heterocycles. The van der Waals surface area contributed by atoms with Gasteiger partial charge in [0.15, 0.2) is 5.82 Å². The molecule has 10 heteroatoms. The second-order valence-electron chi connectivity index (χ2n) is 7.06. The molecule has 2 aromatic rings. The molecule has 0 spiro atoms. The van der Waals surface area contributed by atoms with Crippen molar-refractivity contribution >= 4 is 22.9 Å². The summed E-state index contributed by atoms with van der Waals surface area (Å²) in [5.41, 5.74) is 0.899. The highest BCUT2D eigenvalue weighted by atomic mass is 32.3. The molecule has 1 aromatic heterocycles. The zero-order chi connectivity index (χ0) is 19.6. The van der Waals surface area contributed by atoms with Crippen molar-refractivity contribution in [1.82, 2.24) is 29.8 Å². The molecule has 1 unspecified atom stereocenters. The number of fused-ring (bicyclic) bond motifs is 1. The highest BCUT2D eigenvalue weighted by Gasteiger charge is 2.26. The Balaban J connectivity index is 1.34. The first-order valence-corrected chi connectivity index (χ1v) is 10.9. The zero-order valence-corrected chi connectivity index (χ0v) is 16.3. The van der Waals surface area contributed by atoms with E-state index in [0.29, 0.717) is 36.8 Å². The van der Waals surface area contributed by atoms with Gasteiger partial charge in [-0.25, -0.2) is 8.99 Å². The fourth-order valence-electron chi connectivity index (χ4n) is 3.47. The molecule has 0 aliphatic carbocycles. The summed E-state index contributed by atoms with van der Waals surface area (Å²) in [5, 5.41) is 14.2. The zero-order valence-electron chi connectivity index (χ0n) is 15.4. The van der Waals surface area contributed by atoms with Crippen LogP contribution in [-0.2, 0) is 17.8 Å². The molecule has 1 aromatic carbocycles. The van der Waals surface area contributed by atoms with Crippen LogP contribution in [0, 0.1) is 5.92 Å². The van der Waals surface area contributed by atoms with E-state index in [4.69, 9.17) is 0 Å². The lowest BCUT2D eigenvalue weighted by atomic mass is 10.0. The molecule has 2 aliphatic rings. The van der Waals surface area contributed by atoms with E-state index in [-0.39, 0.29) is 11.8 Å². The maximum Gasteiger partial charge on any atom is 0.227 e. The molecule has 28 heavy (non-hydrogen) atoms. The Bertz CT molecular complexity index is 860. The minimum absolute atomic E-state index is 0.0906. The molecule has 3 heterocycles. The van der Waals surface area contributed by atoms with Crippen molar-refractivity contribution in [2.75, 3.05) is 13.1 Å². The quantitative estimate of drug-likeness (QED) is 0.699. The molecule has 0 radical (unpaired) electrons. The normalized spacial score (nSPS) is 20.6. The number of nitrogens with zero attached hydrogens (tertiary/aromatic N) is 5. The van der Waals surface area contributed by atoms with E-state index in [1.165, 1.54) is 0 Å². The molecule has 3 N–H and O–H groups in total. The standard InChI is InChI=1S/C18H24N6O3S/c25-18(15-8-11-24-17(12-15)20-21-22-24)19-13-14-4-6-16(7-5-14)28(26,27)23-9-2-1-3-10-23/h4-8,11,15,26-27H,1-3,9-10,12-13H2,(H,19,25). The summed E-state index contributed by atoms with van der Waals surface area (Å²) >= 11 is 0. The smallest absolute Gasteiger partial charge is 0.227 e. The number of hydrogen-bond donors (Lipinski definition) is 3. The van der Waals surface area contributed by atoms with Gasteiger partial charge < -0.3 is 5.32 Å². The number of carbonyl (C=O) groups excluding carboxylic acids is 1. The minimum Gasteiger partial charge on any atom is -0.352 e. The van der Waals surface area contributed by atoms with Crippen LogP contribution < -0.4 is 5.32 Å². The van der Waals surface area contributed by atoms with Crippen molar-refractivity contribution in [3.8, 4) is 0 Å². The Hall–Kier alpha value is -2.27. The van der Waals surface area contributed by atoms with Gasteiger partial charge in [-0.15, -0.1) is 15.9 Å². The van der Waals surface area contributed by atoms with Crippen LogP contribution in [0.3, 0.4) is 0 Å². The highest BCUT2D eigenvalue weighted by Crippen LogP contribution is 2.52. The van der Waals surface area contributed by atoms with Gasteiger partial charge in [-0.1, -0.05) is 24.6 Å². The lowest BCUT2D eigenvalue weighted by molar-refractivity contribution is -0.123. The number of rotatable bonds is 5. The summed E-state index contributed by atoms with van der Waals surface area (Å²) in [5.74, 6) is 0.269. The maximum absolute atomic E-state index is 12.4. The number of hydrogen-bond acceptors (Lipinski definition) is 7. The number of amides is 1. The molecule has 1 fully saturated rings. The predicted molar refractivity (Wildman–Crippen MR) is 105 cm³/mol. The van der Waals surface area contributed by atoms with E-state index < -0.39 is 10.8 Å². The third-order valence-corrected chi connectivity index (χ3v) is 7.13. The Morgan fingerprint density at radius 3 is 2.68 bits per heavy atom. The van der Waals surface area contributed by atoms with Crippen molar-refractivity contribution in [2.24, 2.45) is 5.92 Å². The van der Waals surface area contributed by atoms with Gasteiger partial charge >= 0.3 is 0 Å². The molecule has 2 aliphatic heterocycles. The second kappa shape index (κ2) is 8.00. The van der Waals surface area contributed by atoms with E-state index in [1.54, 1.807) is 33.4 Å². The van der Waals surface area contributed by atoms with Crippen LogP contribution in [0.2, 0.25) is 0 Å². The first-order valence-electron chi connectivity index (χ1n) is 9.39. The molecule has 1 amide bonds. The van der Waals surface area contributed by atoms with Gasteiger partial charge in [0.05, 0.1) is 10.8 Å². The molecule has 150 valence electrons. The fraction of sp³-hybridized carbons (Fsp3) is 0.444. The van der Waals surface area contributed by atoms with Crippen LogP contribution in [-0.4, -0.2) is 52.6 Å². The van der Waals surface area contributed by atoms with Crippen molar-refractivity contribution < 1.29 is 13.9 Å². The molecule has 0 saturated carbocycles. The minimum atomic E-state index is -2.93. The Kier molecular flexibility index (Phi) is 5.44. The molecule has 9 nitrogen and oxygen atoms in total. The Labute approximate surface area is 164 Å². The third-order valence-electron chi connectivity index (χ3n) is 5.14. The number of benzene rings is 1. The molecule has 0 bridgehead atoms. The van der Waals surface area contributed by atoms with Crippen molar-refractivity contribution in [1.29, 1.82) is 0 Å². The first kappa shape index (κ1) is 19.1. The average Bonchev–Trinajstić information content (AvgIpc) is 3.21. The summed E-state index contributed by atoms with van der Waals surface area (Å²) in [4.78, 5) is 12.9. The Morgan fingerprint density at radius 1 is 1.18 bits per heavy atom. The van der Waals surface area contributed by atoms with Crippen molar-refractivity contribution in [3.05, 3.63) is 41.7 Å². The van der Waals surface area contributed by atoms with Crippen LogP contribution in [0.5, 0.6) is 0 Å². The largest absolute Gasteiger partial charge is 0.352 e. The summed E-state index contributed by atoms with van der Waals surface area (Å²) < 4.78 is 24.6. The van der Waals surface area contributed by atoms with Crippen LogP contribution in [0.4, 0.5) is 0 Å². The van der Waals surface area contributed by atoms with Gasteiger partial charge in [-0.3, -0.25) is 13.9 Å². The maximum atomic E-state index is 12.4. The lowest BCUT2D eigenvalue weighted by Crippen LogP contribution is -2.33. The second-order valence-corrected chi connectivity index (χ2v) is 9.09. The monoisotopic (exact) mass is 404 g/mol. The van der Waals surface area contributed by atoms with Crippen LogP contribution in [0.25, 0.3) is 6.20 Å². The summed E-state index contributed by atoms with van der Waals surface area (Å²) in [6.07, 6.45) is 7.06. The van der Waals surface area contributed by atoms with Crippen LogP contribution in [0.1, 0.15) is 30.7 Å². The lowest BCUT2D eigenvalue weighted by Gasteiger charge is -2.44. The predicted octanol–water partition coefficient (Wildman–Crippen LogP) is 2.14. The summed E-state index contributed by atoms with van der Waals surface area (Å²) in [7, 11) is -2.93. The van der Waals surface area contributed by atoms with E-state index in [1.807, 2.05) is 12.1 Å². The molecule has 1 atom stereocenters. The highest BCUT2D eigenvalue weighted by molar-refractivity contribution is 8.22. The van der Waals surface area contributed by atoms with Gasteiger partial charge in [0.2, 0.25) is 5.91 Å². The van der Waals surface area contributed by atoms with Gasteiger partial charge in [0.25, 0.3) is 0 Å². The van der Waals surface area contributed by atoms with E-state index in [2.05, 4.69) is 20.8 Å². The van der Waals surface area contributed by atoms with Crippen molar-refractivity contribution in [2.45, 2.75) is 37.1 Å². The van der Waals surface area contributed by atoms with Gasteiger partial charge in [0.1, 0.15) is 0 Å².